The number of tetrazole rings is 1. The first kappa shape index (κ1) is 17.0. The molecule has 5 nitrogen and oxygen atoms in total. The Labute approximate surface area is 147 Å². The Kier molecular flexibility index (Phi) is 5.33. The average Bonchev–Trinajstić information content (AvgIpc) is 3.09. The summed E-state index contributed by atoms with van der Waals surface area (Å²) in [7, 11) is 0. The van der Waals surface area contributed by atoms with E-state index in [1.165, 1.54) is 16.8 Å². The number of aryl methyl sites for hydroxylation is 2. The van der Waals surface area contributed by atoms with Gasteiger partial charge in [-0.25, -0.2) is 0 Å². The number of ketones is 1. The molecule has 5 heteroatoms. The van der Waals surface area contributed by atoms with E-state index in [0.717, 1.165) is 24.0 Å². The third-order valence-corrected chi connectivity index (χ3v) is 4.22. The summed E-state index contributed by atoms with van der Waals surface area (Å²) in [6, 6.07) is 15.7. The van der Waals surface area contributed by atoms with Crippen molar-refractivity contribution in [2.75, 3.05) is 0 Å². The van der Waals surface area contributed by atoms with E-state index in [9.17, 15) is 4.79 Å². The first-order valence-electron chi connectivity index (χ1n) is 8.63. The van der Waals surface area contributed by atoms with Crippen molar-refractivity contribution in [2.45, 2.75) is 39.7 Å². The monoisotopic (exact) mass is 334 g/mol. The molecule has 128 valence electrons. The topological polar surface area (TPSA) is 60.7 Å². The Morgan fingerprint density at radius 1 is 1.08 bits per heavy atom. The minimum atomic E-state index is -0.0178. The molecule has 0 saturated heterocycles. The highest BCUT2D eigenvalue weighted by Crippen LogP contribution is 2.18. The van der Waals surface area contributed by atoms with Gasteiger partial charge in [-0.2, -0.15) is 4.80 Å². The lowest BCUT2D eigenvalue weighted by atomic mass is 10.0. The van der Waals surface area contributed by atoms with Crippen LogP contribution in [-0.4, -0.2) is 26.0 Å². The zero-order valence-corrected chi connectivity index (χ0v) is 14.6. The molecule has 0 N–H and O–H groups in total. The fraction of sp³-hybridized carbons (Fsp3) is 0.300. The fourth-order valence-electron chi connectivity index (χ4n) is 2.70. The van der Waals surface area contributed by atoms with Crippen LogP contribution in [0.15, 0.2) is 48.5 Å². The number of aromatic nitrogens is 4. The molecule has 3 rings (SSSR count). The average molecular weight is 334 g/mol. The second-order valence-electron chi connectivity index (χ2n) is 6.18. The van der Waals surface area contributed by atoms with Gasteiger partial charge in [0.2, 0.25) is 5.82 Å². The van der Waals surface area contributed by atoms with Crippen LogP contribution < -0.4 is 0 Å². The van der Waals surface area contributed by atoms with Gasteiger partial charge in [-0.1, -0.05) is 61.9 Å². The van der Waals surface area contributed by atoms with Crippen molar-refractivity contribution < 1.29 is 4.79 Å². The highest BCUT2D eigenvalue weighted by Gasteiger charge is 2.12. The van der Waals surface area contributed by atoms with Crippen LogP contribution in [-0.2, 0) is 13.0 Å². The Morgan fingerprint density at radius 3 is 2.56 bits per heavy atom. The summed E-state index contributed by atoms with van der Waals surface area (Å²) in [5.41, 5.74) is 3.95. The highest BCUT2D eigenvalue weighted by atomic mass is 16.1. The zero-order chi connectivity index (χ0) is 17.6. The summed E-state index contributed by atoms with van der Waals surface area (Å²) >= 11 is 0. The lowest BCUT2D eigenvalue weighted by molar-refractivity contribution is 0.0961. The van der Waals surface area contributed by atoms with Crippen LogP contribution in [0.3, 0.4) is 0 Å². The maximum atomic E-state index is 12.4. The van der Waals surface area contributed by atoms with Gasteiger partial charge in [0, 0.05) is 11.1 Å². The summed E-state index contributed by atoms with van der Waals surface area (Å²) in [5.74, 6) is 0.525. The molecule has 2 aromatic carbocycles. The molecule has 0 aliphatic carbocycles. The van der Waals surface area contributed by atoms with Crippen molar-refractivity contribution in [1.82, 2.24) is 20.2 Å². The molecule has 0 fully saturated rings. The summed E-state index contributed by atoms with van der Waals surface area (Å²) in [5, 5.41) is 12.4. The number of nitrogens with zero attached hydrogens (tertiary/aromatic N) is 4. The first-order chi connectivity index (χ1) is 12.2. The van der Waals surface area contributed by atoms with Crippen molar-refractivity contribution in [3.05, 3.63) is 65.2 Å². The van der Waals surface area contributed by atoms with E-state index in [2.05, 4.69) is 22.3 Å². The Balaban J connectivity index is 1.68. The number of carbonyl (C=O) groups is 1. The van der Waals surface area contributed by atoms with Crippen LogP contribution >= 0.6 is 0 Å². The van der Waals surface area contributed by atoms with Crippen molar-refractivity contribution in [1.29, 1.82) is 0 Å². The van der Waals surface area contributed by atoms with E-state index in [-0.39, 0.29) is 12.3 Å². The van der Waals surface area contributed by atoms with Gasteiger partial charge in [0.25, 0.3) is 0 Å². The molecule has 0 saturated carbocycles. The molecule has 0 aliphatic heterocycles. The Hall–Kier alpha value is -2.82. The first-order valence-corrected chi connectivity index (χ1v) is 8.63. The second-order valence-corrected chi connectivity index (χ2v) is 6.18. The fourth-order valence-corrected chi connectivity index (χ4v) is 2.70. The summed E-state index contributed by atoms with van der Waals surface area (Å²) in [4.78, 5) is 13.8. The SMILES string of the molecule is CCCCc1ccc(C(=O)Cn2nnc(-c3ccccc3C)n2)cc1. The number of benzene rings is 2. The maximum absolute atomic E-state index is 12.4. The Bertz CT molecular complexity index is 852. The van der Waals surface area contributed by atoms with Crippen LogP contribution in [0, 0.1) is 6.92 Å². The summed E-state index contributed by atoms with van der Waals surface area (Å²) in [6.07, 6.45) is 3.38. The van der Waals surface area contributed by atoms with Crippen LogP contribution in [0.4, 0.5) is 0 Å². The van der Waals surface area contributed by atoms with E-state index < -0.39 is 0 Å². The minimum absolute atomic E-state index is 0.0178. The highest BCUT2D eigenvalue weighted by molar-refractivity contribution is 5.95. The molecule has 3 aromatic rings. The van der Waals surface area contributed by atoms with Crippen molar-refractivity contribution in [3.63, 3.8) is 0 Å². The molecule has 0 amide bonds. The van der Waals surface area contributed by atoms with E-state index >= 15 is 0 Å². The third kappa shape index (κ3) is 4.18. The molecular weight excluding hydrogens is 312 g/mol. The molecule has 0 bridgehead atoms. The van der Waals surface area contributed by atoms with E-state index in [0.29, 0.717) is 11.4 Å². The van der Waals surface area contributed by atoms with Crippen molar-refractivity contribution in [3.8, 4) is 11.4 Å². The van der Waals surface area contributed by atoms with Gasteiger partial charge in [0.15, 0.2) is 5.78 Å². The van der Waals surface area contributed by atoms with Crippen LogP contribution in [0.25, 0.3) is 11.4 Å². The van der Waals surface area contributed by atoms with E-state index in [1.807, 2.05) is 55.5 Å². The second kappa shape index (κ2) is 7.83. The van der Waals surface area contributed by atoms with Gasteiger partial charge in [0.05, 0.1) is 0 Å². The number of hydrogen-bond donors (Lipinski definition) is 0. The van der Waals surface area contributed by atoms with Gasteiger partial charge in [-0.05, 0) is 36.1 Å². The number of carbonyl (C=O) groups excluding carboxylic acids is 1. The normalized spacial score (nSPS) is 10.8. The predicted molar refractivity (Wildman–Crippen MR) is 97.4 cm³/mol. The smallest absolute Gasteiger partial charge is 0.205 e. The third-order valence-electron chi connectivity index (χ3n) is 4.22. The van der Waals surface area contributed by atoms with Gasteiger partial charge >= 0.3 is 0 Å². The lowest BCUT2D eigenvalue weighted by Crippen LogP contribution is -2.13. The molecule has 25 heavy (non-hydrogen) atoms. The molecule has 0 atom stereocenters. The van der Waals surface area contributed by atoms with Crippen LogP contribution in [0.1, 0.15) is 41.3 Å². The number of hydrogen-bond acceptors (Lipinski definition) is 4. The molecule has 1 aromatic heterocycles. The van der Waals surface area contributed by atoms with Crippen molar-refractivity contribution in [2.24, 2.45) is 0 Å². The van der Waals surface area contributed by atoms with E-state index in [4.69, 9.17) is 0 Å². The molecule has 0 spiro atoms. The molecular formula is C20H22N4O. The van der Waals surface area contributed by atoms with Crippen molar-refractivity contribution >= 4 is 5.78 Å². The van der Waals surface area contributed by atoms with Gasteiger partial charge in [0.1, 0.15) is 6.54 Å². The van der Waals surface area contributed by atoms with Gasteiger partial charge in [-0.3, -0.25) is 4.79 Å². The van der Waals surface area contributed by atoms with Crippen LogP contribution in [0.5, 0.6) is 0 Å². The quantitative estimate of drug-likeness (QED) is 0.615. The van der Waals surface area contributed by atoms with Crippen LogP contribution in [0.2, 0.25) is 0 Å². The molecule has 1 heterocycles. The zero-order valence-electron chi connectivity index (χ0n) is 14.6. The molecule has 0 radical (unpaired) electrons. The minimum Gasteiger partial charge on any atom is -0.292 e. The van der Waals surface area contributed by atoms with Gasteiger partial charge < -0.3 is 0 Å². The molecule has 0 aliphatic rings. The number of unbranched alkanes of at least 4 members (excludes halogenated alkanes) is 1. The number of rotatable bonds is 7. The Morgan fingerprint density at radius 2 is 1.84 bits per heavy atom. The van der Waals surface area contributed by atoms with Gasteiger partial charge in [-0.15, -0.1) is 10.2 Å². The maximum Gasteiger partial charge on any atom is 0.205 e. The lowest BCUT2D eigenvalue weighted by Gasteiger charge is -2.03. The predicted octanol–water partition coefficient (Wildman–Crippen LogP) is 3.87. The standard InChI is InChI=1S/C20H22N4O/c1-3-4-8-16-10-12-17(13-11-16)19(25)14-24-22-20(21-23-24)18-9-6-5-7-15(18)2/h5-7,9-13H,3-4,8,14H2,1-2H3. The summed E-state index contributed by atoms with van der Waals surface area (Å²) in [6.45, 7) is 4.27. The van der Waals surface area contributed by atoms with E-state index in [1.54, 1.807) is 0 Å². The molecule has 0 unspecified atom stereocenters. The largest absolute Gasteiger partial charge is 0.292 e. The summed E-state index contributed by atoms with van der Waals surface area (Å²) < 4.78 is 0. The number of Topliss-reactive ketones (excluding diaryl/α,β-unsaturated/α-hetero) is 1.